The molecule has 3 amide bonds. The van der Waals surface area contributed by atoms with Gasteiger partial charge in [-0.3, -0.25) is 19.2 Å². The number of aliphatic carboxylic acids is 1. The summed E-state index contributed by atoms with van der Waals surface area (Å²) in [7, 11) is 1.33. The van der Waals surface area contributed by atoms with Crippen molar-refractivity contribution in [1.82, 2.24) is 16.0 Å². The summed E-state index contributed by atoms with van der Waals surface area (Å²) < 4.78 is 4.75. The van der Waals surface area contributed by atoms with Gasteiger partial charge in [0.1, 0.15) is 12.6 Å². The van der Waals surface area contributed by atoms with Crippen LogP contribution in [0.15, 0.2) is 0 Å². The summed E-state index contributed by atoms with van der Waals surface area (Å²) in [6.45, 7) is 4.30. The fourth-order valence-corrected chi connectivity index (χ4v) is 1.09. The van der Waals surface area contributed by atoms with Crippen LogP contribution in [0.1, 0.15) is 20.8 Å². The van der Waals surface area contributed by atoms with Crippen LogP contribution in [0.2, 0.25) is 0 Å². The van der Waals surface area contributed by atoms with E-state index in [1.54, 1.807) is 0 Å². The molecule has 0 aliphatic heterocycles. The third kappa shape index (κ3) is 17.3. The van der Waals surface area contributed by atoms with Gasteiger partial charge in [0.2, 0.25) is 17.7 Å². The van der Waals surface area contributed by atoms with Crippen molar-refractivity contribution in [3.05, 3.63) is 0 Å². The van der Waals surface area contributed by atoms with Crippen LogP contribution in [0, 0.1) is 12.8 Å². The predicted molar refractivity (Wildman–Crippen MR) is 84.4 cm³/mol. The van der Waals surface area contributed by atoms with Gasteiger partial charge in [-0.2, -0.15) is 0 Å². The zero-order chi connectivity index (χ0) is 18.8. The number of carboxylic acids is 1. The van der Waals surface area contributed by atoms with Crippen molar-refractivity contribution in [2.45, 2.75) is 26.8 Å². The van der Waals surface area contributed by atoms with Crippen LogP contribution in [-0.2, 0) is 23.9 Å². The van der Waals surface area contributed by atoms with E-state index in [1.165, 1.54) is 14.0 Å². The molecule has 0 rings (SSSR count). The Balaban J connectivity index is -0.000000919. The van der Waals surface area contributed by atoms with E-state index < -0.39 is 30.4 Å². The van der Waals surface area contributed by atoms with E-state index in [0.29, 0.717) is 0 Å². The Morgan fingerprint density at radius 2 is 1.61 bits per heavy atom. The van der Waals surface area contributed by atoms with Crippen molar-refractivity contribution in [3.8, 4) is 12.8 Å². The van der Waals surface area contributed by atoms with Crippen molar-refractivity contribution in [3.63, 3.8) is 0 Å². The molecule has 23 heavy (non-hydrogen) atoms. The van der Waals surface area contributed by atoms with Crippen LogP contribution in [0.5, 0.6) is 0 Å². The molecule has 9 nitrogen and oxygen atoms in total. The molecule has 0 aromatic carbocycles. The molecule has 132 valence electrons. The van der Waals surface area contributed by atoms with E-state index in [4.69, 9.17) is 9.84 Å². The molecule has 1 atom stereocenters. The maximum Gasteiger partial charge on any atom is 0.322 e. The number of ether oxygens (including phenoxy) is 1. The van der Waals surface area contributed by atoms with Gasteiger partial charge in [-0.25, -0.2) is 0 Å². The van der Waals surface area contributed by atoms with Crippen molar-refractivity contribution in [1.29, 1.82) is 0 Å². The lowest BCUT2D eigenvalue weighted by atomic mass is 10.3. The molecule has 0 radical (unpaired) electrons. The molecule has 0 fully saturated rings. The maximum atomic E-state index is 11.6. The van der Waals surface area contributed by atoms with Crippen LogP contribution >= 0.6 is 0 Å². The van der Waals surface area contributed by atoms with Gasteiger partial charge in [0, 0.05) is 14.0 Å². The standard InChI is InChI=1S/C10H17N3O6.C2H6.C2H2/c1-6(14)11-3-8(15)13-7(5-19-2)10(18)12-4-9(16)17;2*1-2/h7H,3-5H2,1-2H3,(H,11,14)(H,12,18)(H,13,15)(H,16,17);1-2H3;1-2H. The number of carboxylic acid groups (broad SMARTS) is 1. The minimum Gasteiger partial charge on any atom is -0.480 e. The number of terminal acetylenes is 1. The Bertz CT molecular complexity index is 395. The summed E-state index contributed by atoms with van der Waals surface area (Å²) in [6, 6.07) is -1.02. The SMILES string of the molecule is C#C.CC.COCC(NC(=O)CNC(C)=O)C(=O)NCC(=O)O. The highest BCUT2D eigenvalue weighted by atomic mass is 16.5. The van der Waals surface area contributed by atoms with Gasteiger partial charge in [-0.1, -0.05) is 13.8 Å². The van der Waals surface area contributed by atoms with Crippen LogP contribution < -0.4 is 16.0 Å². The summed E-state index contributed by atoms with van der Waals surface area (Å²) in [5, 5.41) is 15.1. The van der Waals surface area contributed by atoms with Gasteiger partial charge < -0.3 is 25.8 Å². The Morgan fingerprint density at radius 3 is 2.00 bits per heavy atom. The average Bonchev–Trinajstić information content (AvgIpc) is 2.54. The molecule has 4 N–H and O–H groups in total. The Kier molecular flexibility index (Phi) is 19.2. The summed E-state index contributed by atoms with van der Waals surface area (Å²) in [5.41, 5.74) is 0. The number of carbonyl (C=O) groups excluding carboxylic acids is 3. The molecule has 0 aromatic rings. The lowest BCUT2D eigenvalue weighted by Crippen LogP contribution is -2.52. The minimum atomic E-state index is -1.20. The molecule has 0 heterocycles. The summed E-state index contributed by atoms with van der Waals surface area (Å²) in [6.07, 6.45) is 8.00. The molecule has 1 unspecified atom stereocenters. The summed E-state index contributed by atoms with van der Waals surface area (Å²) >= 11 is 0. The smallest absolute Gasteiger partial charge is 0.322 e. The number of hydrogen-bond acceptors (Lipinski definition) is 5. The van der Waals surface area contributed by atoms with E-state index in [2.05, 4.69) is 28.8 Å². The van der Waals surface area contributed by atoms with E-state index >= 15 is 0 Å². The van der Waals surface area contributed by atoms with Crippen molar-refractivity contribution < 1.29 is 29.0 Å². The molecule has 0 bridgehead atoms. The van der Waals surface area contributed by atoms with Crippen molar-refractivity contribution >= 4 is 23.7 Å². The number of rotatable bonds is 8. The lowest BCUT2D eigenvalue weighted by Gasteiger charge is -2.17. The normalized spacial score (nSPS) is 9.65. The van der Waals surface area contributed by atoms with E-state index in [0.717, 1.165) is 0 Å². The first-order chi connectivity index (χ1) is 10.9. The maximum absolute atomic E-state index is 11.6. The molecule has 9 heteroatoms. The second kappa shape index (κ2) is 17.5. The largest absolute Gasteiger partial charge is 0.480 e. The fourth-order valence-electron chi connectivity index (χ4n) is 1.09. The van der Waals surface area contributed by atoms with E-state index in [9.17, 15) is 19.2 Å². The molecule has 0 saturated heterocycles. The molecular weight excluding hydrogens is 306 g/mol. The average molecular weight is 331 g/mol. The third-order valence-corrected chi connectivity index (χ3v) is 1.90. The lowest BCUT2D eigenvalue weighted by molar-refractivity contribution is -0.138. The first kappa shape index (κ1) is 25.4. The first-order valence-electron chi connectivity index (χ1n) is 6.72. The molecule has 0 saturated carbocycles. The van der Waals surface area contributed by atoms with Gasteiger partial charge in [0.25, 0.3) is 0 Å². The van der Waals surface area contributed by atoms with E-state index in [-0.39, 0.29) is 19.1 Å². The second-order valence-electron chi connectivity index (χ2n) is 3.60. The van der Waals surface area contributed by atoms with Crippen LogP contribution in [0.25, 0.3) is 0 Å². The Morgan fingerprint density at radius 1 is 1.09 bits per heavy atom. The second-order valence-corrected chi connectivity index (χ2v) is 3.60. The number of amides is 3. The van der Waals surface area contributed by atoms with Gasteiger partial charge in [-0.15, -0.1) is 12.8 Å². The van der Waals surface area contributed by atoms with Gasteiger partial charge in [0.05, 0.1) is 13.2 Å². The van der Waals surface area contributed by atoms with E-state index in [1.807, 2.05) is 13.8 Å². The van der Waals surface area contributed by atoms with Crippen LogP contribution in [0.4, 0.5) is 0 Å². The first-order valence-corrected chi connectivity index (χ1v) is 6.72. The predicted octanol–water partition coefficient (Wildman–Crippen LogP) is -1.27. The summed E-state index contributed by atoms with van der Waals surface area (Å²) in [5.74, 6) is -2.84. The highest BCUT2D eigenvalue weighted by Crippen LogP contribution is 1.86. The number of carbonyl (C=O) groups is 4. The quantitative estimate of drug-likeness (QED) is 0.410. The Hall–Kier alpha value is -2.60. The molecule has 0 aliphatic carbocycles. The van der Waals surface area contributed by atoms with Crippen LogP contribution in [-0.4, -0.2) is 61.6 Å². The number of hydrogen-bond donors (Lipinski definition) is 4. The Labute approximate surface area is 136 Å². The zero-order valence-electron chi connectivity index (χ0n) is 13.8. The minimum absolute atomic E-state index is 0.114. The molecule has 0 spiro atoms. The third-order valence-electron chi connectivity index (χ3n) is 1.90. The zero-order valence-corrected chi connectivity index (χ0v) is 13.8. The van der Waals surface area contributed by atoms with Crippen molar-refractivity contribution in [2.24, 2.45) is 0 Å². The van der Waals surface area contributed by atoms with Gasteiger partial charge in [0.15, 0.2) is 0 Å². The number of methoxy groups -OCH3 is 1. The molecule has 0 aromatic heterocycles. The van der Waals surface area contributed by atoms with Crippen molar-refractivity contribution in [2.75, 3.05) is 26.8 Å². The van der Waals surface area contributed by atoms with Crippen LogP contribution in [0.3, 0.4) is 0 Å². The monoisotopic (exact) mass is 331 g/mol. The number of nitrogens with one attached hydrogen (secondary N) is 3. The molecule has 0 aliphatic rings. The highest BCUT2D eigenvalue weighted by molar-refractivity contribution is 5.91. The topological polar surface area (TPSA) is 134 Å². The van der Waals surface area contributed by atoms with Gasteiger partial charge >= 0.3 is 5.97 Å². The highest BCUT2D eigenvalue weighted by Gasteiger charge is 2.20. The summed E-state index contributed by atoms with van der Waals surface area (Å²) in [4.78, 5) is 43.9. The fraction of sp³-hybridized carbons (Fsp3) is 0.571. The van der Waals surface area contributed by atoms with Gasteiger partial charge in [-0.05, 0) is 0 Å². The molecular formula is C14H25N3O6.